The van der Waals surface area contributed by atoms with Crippen molar-refractivity contribution in [3.05, 3.63) is 41.5 Å². The summed E-state index contributed by atoms with van der Waals surface area (Å²) in [6.45, 7) is 4.60. The summed E-state index contributed by atoms with van der Waals surface area (Å²) in [5.74, 6) is -2.41. The number of allylic oxidation sites excluding steroid dienone is 1. The van der Waals surface area contributed by atoms with Gasteiger partial charge in [-0.25, -0.2) is 0 Å². The second-order valence-corrected chi connectivity index (χ2v) is 8.57. The van der Waals surface area contributed by atoms with Crippen LogP contribution >= 0.6 is 0 Å². The molecule has 2 fully saturated rings. The van der Waals surface area contributed by atoms with Crippen molar-refractivity contribution < 1.29 is 28.8 Å². The van der Waals surface area contributed by atoms with Crippen molar-refractivity contribution in [3.8, 4) is 5.75 Å². The molecule has 158 valence electrons. The van der Waals surface area contributed by atoms with Gasteiger partial charge in [-0.1, -0.05) is 23.8 Å². The molecule has 1 saturated heterocycles. The summed E-state index contributed by atoms with van der Waals surface area (Å²) >= 11 is 0. The number of ether oxygens (including phenoxy) is 4. The number of hydrogen-bond acceptors (Lipinski definition) is 6. The number of fused-ring (bicyclic) bond motifs is 3. The standard InChI is InChI=1S/C23H30O6/c1-14-11-16-7-10-19(24)23(25,29-12-15-5-8-17(26-3)9-6-15)21(16)18-13-28-22(2,27-4)20(14)18/h5-6,8-9,11,16,18,20-21,25H,7,10,12-13H2,1-4H3/t16-,18-,20-,21-,22+,23+/m1/s1. The first kappa shape index (κ1) is 20.5. The van der Waals surface area contributed by atoms with Crippen LogP contribution in [0.5, 0.6) is 5.75 Å². The molecule has 4 rings (SSSR count). The molecule has 0 aromatic heterocycles. The van der Waals surface area contributed by atoms with Gasteiger partial charge in [0.15, 0.2) is 11.6 Å². The van der Waals surface area contributed by atoms with Crippen LogP contribution in [-0.2, 0) is 25.6 Å². The van der Waals surface area contributed by atoms with E-state index in [2.05, 4.69) is 13.0 Å². The Hall–Kier alpha value is -1.73. The Morgan fingerprint density at radius 2 is 1.97 bits per heavy atom. The van der Waals surface area contributed by atoms with E-state index in [9.17, 15) is 9.90 Å². The topological polar surface area (TPSA) is 74.2 Å². The van der Waals surface area contributed by atoms with E-state index < -0.39 is 11.6 Å². The predicted molar refractivity (Wildman–Crippen MR) is 106 cm³/mol. The van der Waals surface area contributed by atoms with Crippen LogP contribution < -0.4 is 4.74 Å². The summed E-state index contributed by atoms with van der Waals surface area (Å²) < 4.78 is 22.9. The lowest BCUT2D eigenvalue weighted by Crippen LogP contribution is -2.59. The Labute approximate surface area is 171 Å². The highest BCUT2D eigenvalue weighted by Crippen LogP contribution is 2.55. The van der Waals surface area contributed by atoms with Crippen LogP contribution in [0.4, 0.5) is 0 Å². The predicted octanol–water partition coefficient (Wildman–Crippen LogP) is 3.08. The Kier molecular flexibility index (Phi) is 5.32. The molecule has 0 radical (unpaired) electrons. The number of carbonyl (C=O) groups is 1. The average molecular weight is 402 g/mol. The number of methoxy groups -OCH3 is 2. The van der Waals surface area contributed by atoms with Gasteiger partial charge in [-0.2, -0.15) is 0 Å². The van der Waals surface area contributed by atoms with Gasteiger partial charge in [0.2, 0.25) is 5.79 Å². The second-order valence-electron chi connectivity index (χ2n) is 8.57. The van der Waals surface area contributed by atoms with Crippen molar-refractivity contribution in [2.24, 2.45) is 23.7 Å². The van der Waals surface area contributed by atoms with Gasteiger partial charge < -0.3 is 24.1 Å². The van der Waals surface area contributed by atoms with Crippen LogP contribution in [0.2, 0.25) is 0 Å². The molecular formula is C23H30O6. The van der Waals surface area contributed by atoms with Gasteiger partial charge in [0.1, 0.15) is 5.75 Å². The lowest BCUT2D eigenvalue weighted by atomic mass is 9.59. The first-order chi connectivity index (χ1) is 13.8. The number of hydrogen-bond donors (Lipinski definition) is 1. The molecule has 3 aliphatic rings. The summed E-state index contributed by atoms with van der Waals surface area (Å²) in [5, 5.41) is 11.6. The van der Waals surface area contributed by atoms with Gasteiger partial charge in [-0.3, -0.25) is 4.79 Å². The lowest BCUT2D eigenvalue weighted by molar-refractivity contribution is -0.258. The van der Waals surface area contributed by atoms with Crippen molar-refractivity contribution in [2.45, 2.75) is 44.9 Å². The largest absolute Gasteiger partial charge is 0.497 e. The summed E-state index contributed by atoms with van der Waals surface area (Å²) in [6.07, 6.45) is 3.22. The zero-order chi connectivity index (χ0) is 20.8. The minimum Gasteiger partial charge on any atom is -0.497 e. The van der Waals surface area contributed by atoms with Crippen LogP contribution in [0.3, 0.4) is 0 Å². The number of ketones is 1. The summed E-state index contributed by atoms with van der Waals surface area (Å²) in [4.78, 5) is 12.9. The third-order valence-corrected chi connectivity index (χ3v) is 7.02. The smallest absolute Gasteiger partial charge is 0.230 e. The van der Waals surface area contributed by atoms with Crippen molar-refractivity contribution >= 4 is 5.78 Å². The Morgan fingerprint density at radius 1 is 1.24 bits per heavy atom. The molecule has 6 heteroatoms. The van der Waals surface area contributed by atoms with Crippen molar-refractivity contribution in [2.75, 3.05) is 20.8 Å². The van der Waals surface area contributed by atoms with Crippen LogP contribution in [0, 0.1) is 23.7 Å². The van der Waals surface area contributed by atoms with Gasteiger partial charge in [-0.05, 0) is 43.9 Å². The fourth-order valence-electron chi connectivity index (χ4n) is 5.55. The monoisotopic (exact) mass is 402 g/mol. The zero-order valence-electron chi connectivity index (χ0n) is 17.5. The maximum atomic E-state index is 12.9. The van der Waals surface area contributed by atoms with Crippen LogP contribution in [0.25, 0.3) is 0 Å². The third kappa shape index (κ3) is 3.32. The molecule has 1 aromatic rings. The van der Waals surface area contributed by atoms with E-state index in [4.69, 9.17) is 18.9 Å². The van der Waals surface area contributed by atoms with Gasteiger partial charge in [0, 0.05) is 31.3 Å². The summed E-state index contributed by atoms with van der Waals surface area (Å²) in [7, 11) is 3.25. The molecule has 0 unspecified atom stereocenters. The molecule has 0 bridgehead atoms. The van der Waals surface area contributed by atoms with E-state index >= 15 is 0 Å². The third-order valence-electron chi connectivity index (χ3n) is 7.02. The molecule has 6 nitrogen and oxygen atoms in total. The number of benzene rings is 1. The molecule has 2 aliphatic carbocycles. The molecule has 1 N–H and O–H groups in total. The molecule has 6 atom stereocenters. The van der Waals surface area contributed by atoms with E-state index in [0.29, 0.717) is 13.0 Å². The van der Waals surface area contributed by atoms with Gasteiger partial charge in [0.25, 0.3) is 0 Å². The highest BCUT2D eigenvalue weighted by Gasteiger charge is 2.62. The summed E-state index contributed by atoms with van der Waals surface area (Å²) in [6, 6.07) is 7.43. The first-order valence-electron chi connectivity index (χ1n) is 10.2. The average Bonchev–Trinajstić information content (AvgIpc) is 3.08. The first-order valence-corrected chi connectivity index (χ1v) is 10.2. The SMILES string of the molecule is COc1ccc(CO[C@@]2(O)C(=O)CC[C@@H]3C=C(C)[C@@H]4[C@@H](CO[C@]4(C)OC)[C@@H]32)cc1. The van der Waals surface area contributed by atoms with Crippen LogP contribution in [0.15, 0.2) is 35.9 Å². The summed E-state index contributed by atoms with van der Waals surface area (Å²) in [5.41, 5.74) is 2.07. The Balaban J connectivity index is 1.62. The van der Waals surface area contributed by atoms with E-state index in [0.717, 1.165) is 17.7 Å². The maximum absolute atomic E-state index is 12.9. The van der Waals surface area contributed by atoms with Gasteiger partial charge >= 0.3 is 0 Å². The highest BCUT2D eigenvalue weighted by molar-refractivity contribution is 5.87. The van der Waals surface area contributed by atoms with E-state index in [-0.39, 0.29) is 36.1 Å². The molecule has 1 heterocycles. The quantitative estimate of drug-likeness (QED) is 0.603. The minimum atomic E-state index is -1.83. The number of carbonyl (C=O) groups excluding carboxylic acids is 1. The number of Topliss-reactive ketones (excluding diaryl/α,β-unsaturated/α-hetero) is 1. The number of rotatable bonds is 5. The van der Waals surface area contributed by atoms with E-state index in [1.165, 1.54) is 5.57 Å². The van der Waals surface area contributed by atoms with E-state index in [1.807, 2.05) is 31.2 Å². The highest BCUT2D eigenvalue weighted by atomic mass is 16.7. The maximum Gasteiger partial charge on any atom is 0.230 e. The van der Waals surface area contributed by atoms with Crippen LogP contribution in [-0.4, -0.2) is 43.3 Å². The zero-order valence-corrected chi connectivity index (χ0v) is 17.5. The fraction of sp³-hybridized carbons (Fsp3) is 0.609. The minimum absolute atomic E-state index is 0.0178. The molecule has 0 spiro atoms. The molecule has 1 aliphatic heterocycles. The second kappa shape index (κ2) is 7.51. The molecule has 29 heavy (non-hydrogen) atoms. The normalized spacial score (nSPS) is 38.9. The Morgan fingerprint density at radius 3 is 2.62 bits per heavy atom. The Bertz CT molecular complexity index is 802. The molecule has 1 saturated carbocycles. The molecular weight excluding hydrogens is 372 g/mol. The van der Waals surface area contributed by atoms with Gasteiger partial charge in [-0.15, -0.1) is 0 Å². The van der Waals surface area contributed by atoms with E-state index in [1.54, 1.807) is 14.2 Å². The van der Waals surface area contributed by atoms with Crippen molar-refractivity contribution in [3.63, 3.8) is 0 Å². The van der Waals surface area contributed by atoms with Crippen molar-refractivity contribution in [1.29, 1.82) is 0 Å². The molecule has 0 amide bonds. The lowest BCUT2D eigenvalue weighted by Gasteiger charge is -2.49. The molecule has 1 aromatic carbocycles. The number of aliphatic hydroxyl groups is 1. The van der Waals surface area contributed by atoms with Crippen LogP contribution in [0.1, 0.15) is 32.3 Å². The van der Waals surface area contributed by atoms with Crippen molar-refractivity contribution in [1.82, 2.24) is 0 Å². The van der Waals surface area contributed by atoms with Gasteiger partial charge in [0.05, 0.1) is 20.3 Å². The fourth-order valence-corrected chi connectivity index (χ4v) is 5.55.